The molecule has 0 aliphatic heterocycles. The van der Waals surface area contributed by atoms with Crippen LogP contribution in [0.5, 0.6) is 0 Å². The minimum absolute atomic E-state index is 0.0392. The summed E-state index contributed by atoms with van der Waals surface area (Å²) in [5.74, 6) is -0.0880. The van der Waals surface area contributed by atoms with Gasteiger partial charge in [-0.15, -0.1) is 0 Å². The van der Waals surface area contributed by atoms with Crippen LogP contribution in [0.1, 0.15) is 50.3 Å². The molecule has 1 N–H and O–H groups in total. The summed E-state index contributed by atoms with van der Waals surface area (Å²) in [5, 5.41) is 3.42. The lowest BCUT2D eigenvalue weighted by Gasteiger charge is -2.21. The molecular formula is C16H24FN. The molecule has 1 aromatic rings. The minimum atomic E-state index is -0.0880. The van der Waals surface area contributed by atoms with E-state index in [9.17, 15) is 4.39 Å². The molecular weight excluding hydrogens is 225 g/mol. The molecule has 0 radical (unpaired) electrons. The third-order valence-corrected chi connectivity index (χ3v) is 3.23. The van der Waals surface area contributed by atoms with E-state index in [1.165, 1.54) is 0 Å². The molecule has 100 valence electrons. The van der Waals surface area contributed by atoms with Crippen LogP contribution in [-0.2, 0) is 0 Å². The highest BCUT2D eigenvalue weighted by Crippen LogP contribution is 2.25. The number of halogens is 1. The zero-order chi connectivity index (χ0) is 13.5. The summed E-state index contributed by atoms with van der Waals surface area (Å²) in [7, 11) is 0. The van der Waals surface area contributed by atoms with Gasteiger partial charge in [-0.25, -0.2) is 4.39 Å². The van der Waals surface area contributed by atoms with E-state index in [4.69, 9.17) is 0 Å². The summed E-state index contributed by atoms with van der Waals surface area (Å²) in [5.41, 5.74) is 2.63. The molecule has 1 nitrogen and oxygen atoms in total. The van der Waals surface area contributed by atoms with Crippen molar-refractivity contribution >= 4 is 0 Å². The molecule has 0 aliphatic carbocycles. The van der Waals surface area contributed by atoms with Crippen molar-refractivity contribution in [2.24, 2.45) is 0 Å². The predicted molar refractivity (Wildman–Crippen MR) is 76.2 cm³/mol. The SMILES string of the molecule is C=C(CC)CC(NCCC)c1cccc(C)c1F. The summed E-state index contributed by atoms with van der Waals surface area (Å²) in [6, 6.07) is 5.64. The molecule has 0 aliphatic rings. The van der Waals surface area contributed by atoms with Gasteiger partial charge in [0.15, 0.2) is 0 Å². The van der Waals surface area contributed by atoms with Crippen molar-refractivity contribution in [3.63, 3.8) is 0 Å². The maximum atomic E-state index is 14.2. The van der Waals surface area contributed by atoms with Gasteiger partial charge in [0.1, 0.15) is 5.82 Å². The lowest BCUT2D eigenvalue weighted by Crippen LogP contribution is -2.23. The van der Waals surface area contributed by atoms with Crippen molar-refractivity contribution in [1.29, 1.82) is 0 Å². The maximum Gasteiger partial charge on any atom is 0.130 e. The Hall–Kier alpha value is -1.15. The average Bonchev–Trinajstić information content (AvgIpc) is 2.37. The molecule has 0 saturated heterocycles. The molecule has 0 amide bonds. The fourth-order valence-corrected chi connectivity index (χ4v) is 1.98. The van der Waals surface area contributed by atoms with Crippen molar-refractivity contribution in [2.45, 2.75) is 46.1 Å². The largest absolute Gasteiger partial charge is 0.310 e. The third-order valence-electron chi connectivity index (χ3n) is 3.23. The first-order chi connectivity index (χ1) is 8.60. The van der Waals surface area contributed by atoms with E-state index in [0.29, 0.717) is 5.56 Å². The van der Waals surface area contributed by atoms with Crippen LogP contribution in [-0.4, -0.2) is 6.54 Å². The van der Waals surface area contributed by atoms with Crippen LogP contribution in [0.4, 0.5) is 4.39 Å². The van der Waals surface area contributed by atoms with E-state index in [0.717, 1.165) is 36.9 Å². The zero-order valence-corrected chi connectivity index (χ0v) is 11.7. The first kappa shape index (κ1) is 14.9. The predicted octanol–water partition coefficient (Wildman–Crippen LogP) is 4.53. The maximum absolute atomic E-state index is 14.2. The van der Waals surface area contributed by atoms with Crippen LogP contribution < -0.4 is 5.32 Å². The summed E-state index contributed by atoms with van der Waals surface area (Å²) in [6.07, 6.45) is 2.79. The number of benzene rings is 1. The highest BCUT2D eigenvalue weighted by molar-refractivity contribution is 5.28. The Bertz CT molecular complexity index is 398. The van der Waals surface area contributed by atoms with Crippen molar-refractivity contribution < 1.29 is 4.39 Å². The summed E-state index contributed by atoms with van der Waals surface area (Å²) >= 11 is 0. The monoisotopic (exact) mass is 249 g/mol. The van der Waals surface area contributed by atoms with Gasteiger partial charge in [0.25, 0.3) is 0 Å². The van der Waals surface area contributed by atoms with Crippen LogP contribution >= 0.6 is 0 Å². The normalized spacial score (nSPS) is 12.4. The second-order valence-electron chi connectivity index (χ2n) is 4.79. The first-order valence-electron chi connectivity index (χ1n) is 6.75. The molecule has 1 unspecified atom stereocenters. The molecule has 0 aromatic heterocycles. The van der Waals surface area contributed by atoms with Crippen LogP contribution in [0.3, 0.4) is 0 Å². The van der Waals surface area contributed by atoms with Gasteiger partial charge in [-0.3, -0.25) is 0 Å². The highest BCUT2D eigenvalue weighted by atomic mass is 19.1. The van der Waals surface area contributed by atoms with Gasteiger partial charge in [0.2, 0.25) is 0 Å². The smallest absolute Gasteiger partial charge is 0.130 e. The topological polar surface area (TPSA) is 12.0 Å². The molecule has 0 bridgehead atoms. The second-order valence-corrected chi connectivity index (χ2v) is 4.79. The first-order valence-corrected chi connectivity index (χ1v) is 6.75. The van der Waals surface area contributed by atoms with Gasteiger partial charge in [-0.2, -0.15) is 0 Å². The highest BCUT2D eigenvalue weighted by Gasteiger charge is 2.16. The Morgan fingerprint density at radius 1 is 1.39 bits per heavy atom. The summed E-state index contributed by atoms with van der Waals surface area (Å²) in [4.78, 5) is 0. The third kappa shape index (κ3) is 3.95. The van der Waals surface area contributed by atoms with Gasteiger partial charge in [-0.1, -0.05) is 44.2 Å². The second kappa shape index (κ2) is 7.32. The van der Waals surface area contributed by atoms with Gasteiger partial charge in [-0.05, 0) is 38.3 Å². The lowest BCUT2D eigenvalue weighted by molar-refractivity contribution is 0.491. The zero-order valence-electron chi connectivity index (χ0n) is 11.7. The van der Waals surface area contributed by atoms with E-state index in [1.54, 1.807) is 0 Å². The Labute approximate surface area is 110 Å². The van der Waals surface area contributed by atoms with Crippen LogP contribution in [0, 0.1) is 12.7 Å². The van der Waals surface area contributed by atoms with Crippen LogP contribution in [0.15, 0.2) is 30.4 Å². The Morgan fingerprint density at radius 3 is 2.72 bits per heavy atom. The molecule has 2 heteroatoms. The molecule has 0 spiro atoms. The van der Waals surface area contributed by atoms with Gasteiger partial charge >= 0.3 is 0 Å². The standard InChI is InChI=1S/C16H24FN/c1-5-10-18-15(11-12(3)6-2)14-9-7-8-13(4)16(14)17/h7-9,15,18H,3,5-6,10-11H2,1-2,4H3. The molecule has 1 aromatic carbocycles. The van der Waals surface area contributed by atoms with Gasteiger partial charge < -0.3 is 5.32 Å². The van der Waals surface area contributed by atoms with Gasteiger partial charge in [0.05, 0.1) is 0 Å². The quantitative estimate of drug-likeness (QED) is 0.700. The molecule has 1 atom stereocenters. The minimum Gasteiger partial charge on any atom is -0.310 e. The lowest BCUT2D eigenvalue weighted by atomic mass is 9.96. The van der Waals surface area contributed by atoms with E-state index < -0.39 is 0 Å². The molecule has 0 heterocycles. The Balaban J connectivity index is 2.93. The van der Waals surface area contributed by atoms with Crippen molar-refractivity contribution in [1.82, 2.24) is 5.32 Å². The summed E-state index contributed by atoms with van der Waals surface area (Å²) in [6.45, 7) is 10.9. The number of aryl methyl sites for hydroxylation is 1. The van der Waals surface area contributed by atoms with E-state index in [2.05, 4.69) is 25.7 Å². The average molecular weight is 249 g/mol. The molecule has 1 rings (SSSR count). The van der Waals surface area contributed by atoms with Crippen LogP contribution in [0.25, 0.3) is 0 Å². The molecule has 0 fully saturated rings. The number of hydrogen-bond acceptors (Lipinski definition) is 1. The Morgan fingerprint density at radius 2 is 2.11 bits per heavy atom. The number of hydrogen-bond donors (Lipinski definition) is 1. The van der Waals surface area contributed by atoms with Gasteiger partial charge in [0, 0.05) is 11.6 Å². The number of nitrogens with one attached hydrogen (secondary N) is 1. The Kier molecular flexibility index (Phi) is 6.06. The van der Waals surface area contributed by atoms with Crippen molar-refractivity contribution in [3.8, 4) is 0 Å². The van der Waals surface area contributed by atoms with Crippen molar-refractivity contribution in [3.05, 3.63) is 47.3 Å². The summed E-state index contributed by atoms with van der Waals surface area (Å²) < 4.78 is 14.2. The van der Waals surface area contributed by atoms with Crippen molar-refractivity contribution in [2.75, 3.05) is 6.54 Å². The fraction of sp³-hybridized carbons (Fsp3) is 0.500. The van der Waals surface area contributed by atoms with E-state index >= 15 is 0 Å². The van der Waals surface area contributed by atoms with E-state index in [1.807, 2.05) is 25.1 Å². The van der Waals surface area contributed by atoms with E-state index in [-0.39, 0.29) is 11.9 Å². The fourth-order valence-electron chi connectivity index (χ4n) is 1.98. The molecule has 18 heavy (non-hydrogen) atoms. The van der Waals surface area contributed by atoms with Crippen LogP contribution in [0.2, 0.25) is 0 Å². The number of rotatable bonds is 7. The molecule has 0 saturated carbocycles.